The van der Waals surface area contributed by atoms with Gasteiger partial charge in [-0.3, -0.25) is 9.71 Å². The van der Waals surface area contributed by atoms with Crippen LogP contribution in [0, 0.1) is 13.8 Å². The summed E-state index contributed by atoms with van der Waals surface area (Å²) >= 11 is 4.78. The van der Waals surface area contributed by atoms with E-state index < -0.39 is 10.0 Å². The van der Waals surface area contributed by atoms with E-state index in [9.17, 15) is 8.42 Å². The molecule has 0 radical (unpaired) electrons. The molecule has 1 aromatic heterocycles. The van der Waals surface area contributed by atoms with Crippen LogP contribution in [0.3, 0.4) is 0 Å². The highest BCUT2D eigenvalue weighted by atomic mass is 32.2. The van der Waals surface area contributed by atoms with Crippen LogP contribution in [0.1, 0.15) is 16.8 Å². The number of sulfonamides is 1. The molecule has 0 aliphatic carbocycles. The molecule has 5 nitrogen and oxygen atoms in total. The summed E-state index contributed by atoms with van der Waals surface area (Å²) in [6.45, 7) is 3.89. The van der Waals surface area contributed by atoms with Gasteiger partial charge in [0.1, 0.15) is 9.88 Å². The molecule has 1 aromatic carbocycles. The van der Waals surface area contributed by atoms with E-state index in [0.717, 1.165) is 11.1 Å². The van der Waals surface area contributed by atoms with E-state index in [2.05, 4.69) is 9.71 Å². The molecule has 3 N–H and O–H groups in total. The second-order valence-corrected chi connectivity index (χ2v) is 6.77. The molecular weight excluding hydrogens is 306 g/mol. The molecular formula is C14H15N3O2S2. The largest absolute Gasteiger partial charge is 0.388 e. The molecule has 110 valence electrons. The number of nitrogens with two attached hydrogens (primary N) is 1. The van der Waals surface area contributed by atoms with Crippen LogP contribution in [-0.2, 0) is 10.0 Å². The first-order valence-corrected chi connectivity index (χ1v) is 8.04. The van der Waals surface area contributed by atoms with Gasteiger partial charge in [-0.25, -0.2) is 8.42 Å². The predicted molar refractivity (Wildman–Crippen MR) is 86.8 cm³/mol. The first-order valence-electron chi connectivity index (χ1n) is 6.15. The summed E-state index contributed by atoms with van der Waals surface area (Å²) in [5.74, 6) is 0. The minimum Gasteiger partial charge on any atom is -0.388 e. The Balaban J connectivity index is 2.29. The molecule has 0 unspecified atom stereocenters. The first kappa shape index (κ1) is 15.4. The minimum atomic E-state index is -3.68. The zero-order chi connectivity index (χ0) is 15.6. The van der Waals surface area contributed by atoms with Crippen LogP contribution < -0.4 is 10.5 Å². The predicted octanol–water partition coefficient (Wildman–Crippen LogP) is 2.13. The summed E-state index contributed by atoms with van der Waals surface area (Å²) < 4.78 is 27.0. The number of pyridine rings is 1. The average molecular weight is 321 g/mol. The van der Waals surface area contributed by atoms with Gasteiger partial charge in [0.2, 0.25) is 0 Å². The number of thiocarbonyl (C=S) groups is 1. The molecule has 0 atom stereocenters. The van der Waals surface area contributed by atoms with E-state index >= 15 is 0 Å². The molecule has 0 spiro atoms. The molecule has 21 heavy (non-hydrogen) atoms. The van der Waals surface area contributed by atoms with Crippen LogP contribution in [0.5, 0.6) is 0 Å². The highest BCUT2D eigenvalue weighted by Gasteiger charge is 2.15. The first-order chi connectivity index (χ1) is 9.79. The standard InChI is InChI=1S/C14H15N3O2S2/c1-9-3-4-11(7-10(9)2)17-21(18,19)12-5-6-13(14(15)20)16-8-12/h3-8,17H,1-2H3,(H2,15,20). The smallest absolute Gasteiger partial charge is 0.263 e. The van der Waals surface area contributed by atoms with Crippen molar-refractivity contribution in [1.82, 2.24) is 4.98 Å². The number of aryl methyl sites for hydroxylation is 2. The maximum Gasteiger partial charge on any atom is 0.263 e. The van der Waals surface area contributed by atoms with Crippen LogP contribution in [0.25, 0.3) is 0 Å². The highest BCUT2D eigenvalue weighted by Crippen LogP contribution is 2.18. The normalized spacial score (nSPS) is 11.1. The Morgan fingerprint density at radius 1 is 1.19 bits per heavy atom. The van der Waals surface area contributed by atoms with E-state index in [1.807, 2.05) is 19.9 Å². The molecule has 0 aliphatic rings. The van der Waals surface area contributed by atoms with Crippen molar-refractivity contribution >= 4 is 32.9 Å². The fraction of sp³-hybridized carbons (Fsp3) is 0.143. The molecule has 0 bridgehead atoms. The van der Waals surface area contributed by atoms with Crippen molar-refractivity contribution in [2.75, 3.05) is 4.72 Å². The van der Waals surface area contributed by atoms with Gasteiger partial charge in [0.05, 0.1) is 5.69 Å². The number of aromatic nitrogens is 1. The topological polar surface area (TPSA) is 85.1 Å². The van der Waals surface area contributed by atoms with Crippen molar-refractivity contribution in [2.45, 2.75) is 18.7 Å². The molecule has 0 fully saturated rings. The van der Waals surface area contributed by atoms with Crippen LogP contribution in [-0.4, -0.2) is 18.4 Å². The monoisotopic (exact) mass is 321 g/mol. The number of benzene rings is 1. The molecule has 2 aromatic rings. The number of hydrogen-bond donors (Lipinski definition) is 2. The van der Waals surface area contributed by atoms with Crippen LogP contribution in [0.4, 0.5) is 5.69 Å². The Bertz CT molecular complexity index is 784. The lowest BCUT2D eigenvalue weighted by atomic mass is 10.1. The van der Waals surface area contributed by atoms with Crippen molar-refractivity contribution in [1.29, 1.82) is 0 Å². The fourth-order valence-electron chi connectivity index (χ4n) is 1.70. The molecule has 0 saturated carbocycles. The van der Waals surface area contributed by atoms with E-state index in [1.165, 1.54) is 18.3 Å². The van der Waals surface area contributed by atoms with Crippen molar-refractivity contribution in [3.8, 4) is 0 Å². The second kappa shape index (κ2) is 5.79. The molecule has 7 heteroatoms. The lowest BCUT2D eigenvalue weighted by Gasteiger charge is -2.10. The highest BCUT2D eigenvalue weighted by molar-refractivity contribution is 7.92. The lowest BCUT2D eigenvalue weighted by Crippen LogP contribution is -2.15. The molecule has 1 heterocycles. The Labute approximate surface area is 129 Å². The number of nitrogens with zero attached hydrogens (tertiary/aromatic N) is 1. The van der Waals surface area contributed by atoms with Gasteiger partial charge in [0, 0.05) is 11.9 Å². The lowest BCUT2D eigenvalue weighted by molar-refractivity contribution is 0.601. The van der Waals surface area contributed by atoms with Gasteiger partial charge in [0.15, 0.2) is 0 Å². The van der Waals surface area contributed by atoms with E-state index in [-0.39, 0.29) is 9.88 Å². The average Bonchev–Trinajstić information content (AvgIpc) is 2.43. The van der Waals surface area contributed by atoms with E-state index in [0.29, 0.717) is 11.4 Å². The maximum atomic E-state index is 12.3. The maximum absolute atomic E-state index is 12.3. The van der Waals surface area contributed by atoms with Gasteiger partial charge in [-0.2, -0.15) is 0 Å². The van der Waals surface area contributed by atoms with Gasteiger partial charge < -0.3 is 5.73 Å². The quantitative estimate of drug-likeness (QED) is 0.843. The summed E-state index contributed by atoms with van der Waals surface area (Å²) in [6.07, 6.45) is 1.23. The summed E-state index contributed by atoms with van der Waals surface area (Å²) in [4.78, 5) is 4.11. The molecule has 0 aliphatic heterocycles. The third-order valence-corrected chi connectivity index (χ3v) is 4.63. The second-order valence-electron chi connectivity index (χ2n) is 4.65. The van der Waals surface area contributed by atoms with Crippen LogP contribution in [0.15, 0.2) is 41.4 Å². The molecule has 0 amide bonds. The zero-order valence-corrected chi connectivity index (χ0v) is 13.3. The molecule has 2 rings (SSSR count). The zero-order valence-electron chi connectivity index (χ0n) is 11.6. The van der Waals surface area contributed by atoms with Gasteiger partial charge in [-0.05, 0) is 49.2 Å². The minimum absolute atomic E-state index is 0.0562. The Hall–Kier alpha value is -1.99. The fourth-order valence-corrected chi connectivity index (χ4v) is 2.82. The number of anilines is 1. The summed E-state index contributed by atoms with van der Waals surface area (Å²) in [6, 6.07) is 8.27. The van der Waals surface area contributed by atoms with E-state index in [4.69, 9.17) is 18.0 Å². The third kappa shape index (κ3) is 3.56. The van der Waals surface area contributed by atoms with Crippen molar-refractivity contribution in [3.05, 3.63) is 53.3 Å². The number of hydrogen-bond acceptors (Lipinski definition) is 4. The summed E-state index contributed by atoms with van der Waals surface area (Å²) in [5, 5.41) is 0. The molecule has 0 saturated heterocycles. The third-order valence-electron chi connectivity index (χ3n) is 3.06. The number of nitrogens with one attached hydrogen (secondary N) is 1. The number of rotatable bonds is 4. The van der Waals surface area contributed by atoms with Crippen LogP contribution in [0.2, 0.25) is 0 Å². The van der Waals surface area contributed by atoms with Crippen LogP contribution >= 0.6 is 12.2 Å². The Kier molecular flexibility index (Phi) is 4.24. The Morgan fingerprint density at radius 3 is 2.43 bits per heavy atom. The van der Waals surface area contributed by atoms with Gasteiger partial charge in [0.25, 0.3) is 10.0 Å². The summed E-state index contributed by atoms with van der Waals surface area (Å²) in [7, 11) is -3.68. The Morgan fingerprint density at radius 2 is 1.90 bits per heavy atom. The van der Waals surface area contributed by atoms with Crippen molar-refractivity contribution < 1.29 is 8.42 Å². The van der Waals surface area contributed by atoms with Gasteiger partial charge in [-0.15, -0.1) is 0 Å². The van der Waals surface area contributed by atoms with E-state index in [1.54, 1.807) is 12.1 Å². The van der Waals surface area contributed by atoms with Crippen molar-refractivity contribution in [2.24, 2.45) is 5.73 Å². The summed E-state index contributed by atoms with van der Waals surface area (Å²) in [5.41, 5.74) is 8.44. The van der Waals surface area contributed by atoms with Crippen molar-refractivity contribution in [3.63, 3.8) is 0 Å². The van der Waals surface area contributed by atoms with Gasteiger partial charge in [-0.1, -0.05) is 18.3 Å². The SMILES string of the molecule is Cc1ccc(NS(=O)(=O)c2ccc(C(N)=S)nc2)cc1C. The van der Waals surface area contributed by atoms with Gasteiger partial charge >= 0.3 is 0 Å².